The molecule has 2 saturated carbocycles. The van der Waals surface area contributed by atoms with E-state index in [9.17, 15) is 0 Å². The van der Waals surface area contributed by atoms with E-state index in [4.69, 9.17) is 21.3 Å². The van der Waals surface area contributed by atoms with Gasteiger partial charge in [0.1, 0.15) is 10.8 Å². The van der Waals surface area contributed by atoms with Gasteiger partial charge < -0.3 is 4.74 Å². The molecule has 1 aromatic heterocycles. The lowest BCUT2D eigenvalue weighted by Gasteiger charge is -2.26. The van der Waals surface area contributed by atoms with Gasteiger partial charge in [-0.25, -0.2) is 9.97 Å². The van der Waals surface area contributed by atoms with Gasteiger partial charge in [0.2, 0.25) is 0 Å². The molecule has 2 fully saturated rings. The molecule has 1 aromatic rings. The van der Waals surface area contributed by atoms with E-state index in [1.54, 1.807) is 7.11 Å². The number of rotatable bonds is 3. The number of aromatic nitrogens is 2. The summed E-state index contributed by atoms with van der Waals surface area (Å²) in [4.78, 5) is 9.28. The molecule has 1 heterocycles. The van der Waals surface area contributed by atoms with E-state index >= 15 is 0 Å². The van der Waals surface area contributed by atoms with Crippen molar-refractivity contribution in [3.05, 3.63) is 20.2 Å². The summed E-state index contributed by atoms with van der Waals surface area (Å²) in [6.45, 7) is 0. The number of ether oxygens (including phenoxy) is 1. The Balaban J connectivity index is 2.06. The largest absolute Gasteiger partial charge is 0.370 e. The molecular formula is C13H16ClIN2O. The number of nitrogens with zero attached hydrogens (tertiary/aromatic N) is 2. The number of methoxy groups -OCH3 is 1. The summed E-state index contributed by atoms with van der Waals surface area (Å²) >= 11 is 8.53. The van der Waals surface area contributed by atoms with E-state index in [1.165, 1.54) is 25.7 Å². The molecule has 0 bridgehead atoms. The topological polar surface area (TPSA) is 35.0 Å². The van der Waals surface area contributed by atoms with Crippen LogP contribution in [0.4, 0.5) is 0 Å². The first-order valence-electron chi connectivity index (χ1n) is 6.45. The van der Waals surface area contributed by atoms with Crippen molar-refractivity contribution in [3.63, 3.8) is 0 Å². The van der Waals surface area contributed by atoms with Crippen LogP contribution in [0.3, 0.4) is 0 Å². The van der Waals surface area contributed by atoms with Gasteiger partial charge in [-0.1, -0.05) is 11.6 Å². The monoisotopic (exact) mass is 378 g/mol. The van der Waals surface area contributed by atoms with Crippen molar-refractivity contribution in [2.45, 2.75) is 50.0 Å². The first-order valence-corrected chi connectivity index (χ1v) is 7.90. The summed E-state index contributed by atoms with van der Waals surface area (Å²) in [5.74, 6) is 1.39. The third kappa shape index (κ3) is 2.16. The fourth-order valence-corrected chi connectivity index (χ4v) is 3.59. The second kappa shape index (κ2) is 4.87. The Morgan fingerprint density at radius 1 is 1.28 bits per heavy atom. The summed E-state index contributed by atoms with van der Waals surface area (Å²) in [5.41, 5.74) is 0.839. The van der Waals surface area contributed by atoms with Crippen molar-refractivity contribution in [1.29, 1.82) is 0 Å². The molecule has 18 heavy (non-hydrogen) atoms. The van der Waals surface area contributed by atoms with Crippen molar-refractivity contribution in [3.8, 4) is 0 Å². The molecule has 3 rings (SSSR count). The van der Waals surface area contributed by atoms with E-state index in [2.05, 4.69) is 27.6 Å². The van der Waals surface area contributed by atoms with E-state index < -0.39 is 0 Å². The SMILES string of the molecule is COC1(c2nc(Cl)c(I)c(C3CC3)n2)CCCC1. The molecule has 0 aliphatic heterocycles. The van der Waals surface area contributed by atoms with Crippen LogP contribution in [0.2, 0.25) is 5.15 Å². The standard InChI is InChI=1S/C13H16ClIN2O/c1-18-13(6-2-3-7-13)12-16-10(8-4-5-8)9(15)11(14)17-12/h8H,2-7H2,1H3. The van der Waals surface area contributed by atoms with Crippen LogP contribution in [0.15, 0.2) is 0 Å². The predicted octanol–water partition coefficient (Wildman–Crippen LogP) is 4.03. The molecule has 0 saturated heterocycles. The van der Waals surface area contributed by atoms with Crippen molar-refractivity contribution >= 4 is 34.2 Å². The van der Waals surface area contributed by atoms with Crippen LogP contribution >= 0.6 is 34.2 Å². The van der Waals surface area contributed by atoms with Crippen molar-refractivity contribution in [2.75, 3.05) is 7.11 Å². The molecule has 0 aromatic carbocycles. The highest BCUT2D eigenvalue weighted by Gasteiger charge is 2.40. The summed E-state index contributed by atoms with van der Waals surface area (Å²) in [7, 11) is 1.76. The fourth-order valence-electron chi connectivity index (χ4n) is 2.73. The highest BCUT2D eigenvalue weighted by molar-refractivity contribution is 14.1. The highest BCUT2D eigenvalue weighted by atomic mass is 127. The highest BCUT2D eigenvalue weighted by Crippen LogP contribution is 2.45. The lowest BCUT2D eigenvalue weighted by molar-refractivity contribution is -0.0165. The normalized spacial score (nSPS) is 22.4. The zero-order valence-electron chi connectivity index (χ0n) is 10.4. The predicted molar refractivity (Wildman–Crippen MR) is 78.9 cm³/mol. The zero-order chi connectivity index (χ0) is 12.8. The second-order valence-corrected chi connectivity index (χ2v) is 6.65. The van der Waals surface area contributed by atoms with Gasteiger partial charge in [0.25, 0.3) is 0 Å². The maximum absolute atomic E-state index is 6.27. The van der Waals surface area contributed by atoms with Crippen LogP contribution in [-0.4, -0.2) is 17.1 Å². The van der Waals surface area contributed by atoms with Gasteiger partial charge in [-0.2, -0.15) is 0 Å². The molecular weight excluding hydrogens is 363 g/mol. The van der Waals surface area contributed by atoms with E-state index in [1.807, 2.05) is 0 Å². The second-order valence-electron chi connectivity index (χ2n) is 5.22. The number of hydrogen-bond donors (Lipinski definition) is 0. The first-order chi connectivity index (χ1) is 8.66. The fraction of sp³-hybridized carbons (Fsp3) is 0.692. The molecule has 3 nitrogen and oxygen atoms in total. The Morgan fingerprint density at radius 3 is 2.50 bits per heavy atom. The maximum atomic E-state index is 6.27. The van der Waals surface area contributed by atoms with Gasteiger partial charge in [0.05, 0.1) is 9.26 Å². The smallest absolute Gasteiger partial charge is 0.162 e. The molecule has 0 atom stereocenters. The number of halogens is 2. The summed E-state index contributed by atoms with van der Waals surface area (Å²) in [6.07, 6.45) is 6.82. The van der Waals surface area contributed by atoms with Crippen molar-refractivity contribution < 1.29 is 4.74 Å². The van der Waals surface area contributed by atoms with Crippen LogP contribution in [0.5, 0.6) is 0 Å². The minimum absolute atomic E-state index is 0.294. The lowest BCUT2D eigenvalue weighted by atomic mass is 10.0. The minimum atomic E-state index is -0.294. The number of hydrogen-bond acceptors (Lipinski definition) is 3. The third-order valence-electron chi connectivity index (χ3n) is 4.01. The molecule has 0 amide bonds. The summed E-state index contributed by atoms with van der Waals surface area (Å²) < 4.78 is 6.77. The van der Waals surface area contributed by atoms with Crippen LogP contribution in [0.1, 0.15) is 56.0 Å². The maximum Gasteiger partial charge on any atom is 0.162 e. The minimum Gasteiger partial charge on any atom is -0.370 e. The molecule has 0 N–H and O–H groups in total. The van der Waals surface area contributed by atoms with Gasteiger partial charge in [-0.15, -0.1) is 0 Å². The molecule has 2 aliphatic rings. The zero-order valence-corrected chi connectivity index (χ0v) is 13.3. The van der Waals surface area contributed by atoms with Crippen LogP contribution in [0.25, 0.3) is 0 Å². The van der Waals surface area contributed by atoms with Crippen LogP contribution < -0.4 is 0 Å². The molecule has 0 spiro atoms. The van der Waals surface area contributed by atoms with Gasteiger partial charge in [0.15, 0.2) is 5.82 Å². The first kappa shape index (κ1) is 13.1. The molecule has 2 aliphatic carbocycles. The van der Waals surface area contributed by atoms with Gasteiger partial charge in [0, 0.05) is 13.0 Å². The Labute approximate surface area is 126 Å². The van der Waals surface area contributed by atoms with Crippen LogP contribution in [0, 0.1) is 3.57 Å². The van der Waals surface area contributed by atoms with Gasteiger partial charge >= 0.3 is 0 Å². The van der Waals surface area contributed by atoms with Gasteiger partial charge in [-0.3, -0.25) is 0 Å². The summed E-state index contributed by atoms with van der Waals surface area (Å²) in [6, 6.07) is 0. The molecule has 98 valence electrons. The third-order valence-corrected chi connectivity index (χ3v) is 5.67. The van der Waals surface area contributed by atoms with E-state index in [0.29, 0.717) is 11.1 Å². The van der Waals surface area contributed by atoms with E-state index in [0.717, 1.165) is 27.9 Å². The Hall–Kier alpha value is 0.0600. The van der Waals surface area contributed by atoms with Gasteiger partial charge in [-0.05, 0) is 61.1 Å². The average Bonchev–Trinajstić information content (AvgIpc) is 3.10. The Morgan fingerprint density at radius 2 is 1.94 bits per heavy atom. The molecule has 0 radical (unpaired) electrons. The van der Waals surface area contributed by atoms with E-state index in [-0.39, 0.29) is 5.60 Å². The summed E-state index contributed by atoms with van der Waals surface area (Å²) in [5, 5.41) is 0.589. The Kier molecular flexibility index (Phi) is 3.53. The average molecular weight is 379 g/mol. The molecule has 5 heteroatoms. The van der Waals surface area contributed by atoms with Crippen molar-refractivity contribution in [1.82, 2.24) is 9.97 Å². The van der Waals surface area contributed by atoms with Crippen molar-refractivity contribution in [2.24, 2.45) is 0 Å². The molecule has 0 unspecified atom stereocenters. The Bertz CT molecular complexity index is 470. The quantitative estimate of drug-likeness (QED) is 0.588. The van der Waals surface area contributed by atoms with Crippen LogP contribution in [-0.2, 0) is 10.3 Å². The lowest BCUT2D eigenvalue weighted by Crippen LogP contribution is -2.28.